The highest BCUT2D eigenvalue weighted by atomic mass is 28.3. The zero-order chi connectivity index (χ0) is 11.4. The summed E-state index contributed by atoms with van der Waals surface area (Å²) in [6, 6.07) is 0. The number of allylic oxidation sites excluding steroid dienone is 1. The first-order valence-corrected chi connectivity index (χ1v) is 8.70. The third-order valence-corrected chi connectivity index (χ3v) is 4.17. The third-order valence-electron chi connectivity index (χ3n) is 2.44. The normalized spacial score (nSPS) is 13.6. The zero-order valence-corrected chi connectivity index (χ0v) is 12.2. The van der Waals surface area contributed by atoms with Crippen molar-refractivity contribution in [1.82, 2.24) is 4.90 Å². The average Bonchev–Trinajstić information content (AvgIpc) is 2.01. The van der Waals surface area contributed by atoms with Crippen LogP contribution in [0.25, 0.3) is 0 Å². The monoisotopic (exact) mass is 213 g/mol. The van der Waals surface area contributed by atoms with E-state index in [0.717, 1.165) is 13.0 Å². The molecule has 84 valence electrons. The molecule has 1 nitrogen and oxygen atoms in total. The van der Waals surface area contributed by atoms with Crippen molar-refractivity contribution in [3.63, 3.8) is 0 Å². The fourth-order valence-corrected chi connectivity index (χ4v) is 3.81. The molecule has 14 heavy (non-hydrogen) atoms. The molecular weight excluding hydrogens is 186 g/mol. The van der Waals surface area contributed by atoms with Crippen LogP contribution in [0.1, 0.15) is 41.0 Å². The lowest BCUT2D eigenvalue weighted by molar-refractivity contribution is 0.206. The molecule has 0 saturated carbocycles. The second-order valence-corrected chi connectivity index (χ2v) is 8.01. The lowest BCUT2D eigenvalue weighted by atomic mass is 10.1. The Kier molecular flexibility index (Phi) is 5.50. The van der Waals surface area contributed by atoms with E-state index in [2.05, 4.69) is 58.7 Å². The maximum Gasteiger partial charge on any atom is 0.0847 e. The van der Waals surface area contributed by atoms with Gasteiger partial charge in [-0.2, -0.15) is 0 Å². The summed E-state index contributed by atoms with van der Waals surface area (Å²) in [6.07, 6.45) is 3.58. The highest BCUT2D eigenvalue weighted by Crippen LogP contribution is 2.21. The third kappa shape index (κ3) is 3.87. The minimum Gasteiger partial charge on any atom is -0.375 e. The maximum atomic E-state index is 2.56. The van der Waals surface area contributed by atoms with Crippen molar-refractivity contribution in [2.45, 2.75) is 59.7 Å². The summed E-state index contributed by atoms with van der Waals surface area (Å²) in [6.45, 7) is 17.3. The van der Waals surface area contributed by atoms with Crippen LogP contribution in [0.3, 0.4) is 0 Å². The second kappa shape index (κ2) is 5.59. The van der Waals surface area contributed by atoms with Crippen molar-refractivity contribution < 1.29 is 0 Å². The van der Waals surface area contributed by atoms with E-state index < -0.39 is 8.80 Å². The van der Waals surface area contributed by atoms with Gasteiger partial charge in [-0.3, -0.25) is 0 Å². The standard InChI is InChI=1S/C12H27NSi/c1-8-10-11(14(6)7)13(9-2)12(3,4)5/h10,14H,8-9H2,1-7H3/b11-10-. The Morgan fingerprint density at radius 1 is 1.21 bits per heavy atom. The fraction of sp³-hybridized carbons (Fsp3) is 0.833. The molecule has 0 radical (unpaired) electrons. The fourth-order valence-electron chi connectivity index (χ4n) is 1.91. The first-order chi connectivity index (χ1) is 6.34. The van der Waals surface area contributed by atoms with E-state index >= 15 is 0 Å². The number of nitrogens with zero attached hydrogens (tertiary/aromatic N) is 1. The van der Waals surface area contributed by atoms with Crippen LogP contribution in [0.2, 0.25) is 13.1 Å². The molecule has 0 aliphatic rings. The van der Waals surface area contributed by atoms with Crippen molar-refractivity contribution in [3.05, 3.63) is 11.4 Å². The Labute approximate surface area is 91.8 Å². The van der Waals surface area contributed by atoms with E-state index in [1.165, 1.54) is 0 Å². The van der Waals surface area contributed by atoms with Crippen LogP contribution in [-0.4, -0.2) is 25.8 Å². The molecular formula is C12H27NSi. The first-order valence-electron chi connectivity index (χ1n) is 5.82. The molecule has 0 aromatic rings. The van der Waals surface area contributed by atoms with Gasteiger partial charge in [0.15, 0.2) is 0 Å². The van der Waals surface area contributed by atoms with Crippen LogP contribution in [0.4, 0.5) is 0 Å². The van der Waals surface area contributed by atoms with Gasteiger partial charge in [0.1, 0.15) is 0 Å². The minimum atomic E-state index is -0.691. The molecule has 0 N–H and O–H groups in total. The summed E-state index contributed by atoms with van der Waals surface area (Å²) < 4.78 is 0. The Hall–Kier alpha value is -0.243. The summed E-state index contributed by atoms with van der Waals surface area (Å²) in [5.41, 5.74) is 0.271. The largest absolute Gasteiger partial charge is 0.375 e. The van der Waals surface area contributed by atoms with Crippen molar-refractivity contribution in [2.75, 3.05) is 6.54 Å². The molecule has 0 fully saturated rings. The van der Waals surface area contributed by atoms with Gasteiger partial charge >= 0.3 is 0 Å². The van der Waals surface area contributed by atoms with Gasteiger partial charge < -0.3 is 4.90 Å². The Bertz CT molecular complexity index is 189. The summed E-state index contributed by atoms with van der Waals surface area (Å²) >= 11 is 0. The van der Waals surface area contributed by atoms with Crippen molar-refractivity contribution in [1.29, 1.82) is 0 Å². The molecule has 0 aromatic heterocycles. The van der Waals surface area contributed by atoms with Crippen molar-refractivity contribution >= 4 is 8.80 Å². The molecule has 0 unspecified atom stereocenters. The Morgan fingerprint density at radius 2 is 1.71 bits per heavy atom. The molecule has 0 heterocycles. The van der Waals surface area contributed by atoms with E-state index in [1.807, 2.05) is 0 Å². The maximum absolute atomic E-state index is 2.56. The summed E-state index contributed by atoms with van der Waals surface area (Å²) in [5.74, 6) is 0. The average molecular weight is 213 g/mol. The van der Waals surface area contributed by atoms with Crippen LogP contribution in [0.5, 0.6) is 0 Å². The minimum absolute atomic E-state index is 0.271. The van der Waals surface area contributed by atoms with Crippen molar-refractivity contribution in [3.8, 4) is 0 Å². The Morgan fingerprint density at radius 3 is 1.93 bits per heavy atom. The topological polar surface area (TPSA) is 3.24 Å². The molecule has 0 aromatic carbocycles. The van der Waals surface area contributed by atoms with Crippen LogP contribution < -0.4 is 0 Å². The highest BCUT2D eigenvalue weighted by Gasteiger charge is 2.23. The van der Waals surface area contributed by atoms with E-state index in [1.54, 1.807) is 5.32 Å². The molecule has 2 heteroatoms. The van der Waals surface area contributed by atoms with Gasteiger partial charge in [0.2, 0.25) is 0 Å². The lowest BCUT2D eigenvalue weighted by Crippen LogP contribution is -2.43. The highest BCUT2D eigenvalue weighted by molar-refractivity contribution is 6.63. The number of rotatable bonds is 4. The van der Waals surface area contributed by atoms with Gasteiger partial charge in [0.25, 0.3) is 0 Å². The molecule has 0 amide bonds. The SMILES string of the molecule is CC/C=C(/N(CC)C(C)(C)C)[SiH](C)C. The van der Waals surface area contributed by atoms with Gasteiger partial charge in [0, 0.05) is 12.1 Å². The molecule has 0 rings (SSSR count). The van der Waals surface area contributed by atoms with Crippen LogP contribution in [0.15, 0.2) is 11.4 Å². The van der Waals surface area contributed by atoms with Crippen LogP contribution >= 0.6 is 0 Å². The summed E-state index contributed by atoms with van der Waals surface area (Å²) in [5, 5.41) is 1.63. The lowest BCUT2D eigenvalue weighted by Gasteiger charge is -2.40. The predicted octanol–water partition coefficient (Wildman–Crippen LogP) is 3.43. The molecule has 0 spiro atoms. The first kappa shape index (κ1) is 13.8. The number of hydrogen-bond acceptors (Lipinski definition) is 1. The van der Waals surface area contributed by atoms with Gasteiger partial charge in [-0.15, -0.1) is 0 Å². The molecule has 0 saturated heterocycles. The summed E-state index contributed by atoms with van der Waals surface area (Å²) in [7, 11) is -0.691. The van der Waals surface area contributed by atoms with E-state index in [-0.39, 0.29) is 5.54 Å². The predicted molar refractivity (Wildman–Crippen MR) is 69.4 cm³/mol. The Balaban J connectivity index is 4.87. The van der Waals surface area contributed by atoms with E-state index in [4.69, 9.17) is 0 Å². The van der Waals surface area contributed by atoms with E-state index in [0.29, 0.717) is 0 Å². The van der Waals surface area contributed by atoms with Gasteiger partial charge in [-0.25, -0.2) is 0 Å². The zero-order valence-electron chi connectivity index (χ0n) is 11.0. The smallest absolute Gasteiger partial charge is 0.0847 e. The van der Waals surface area contributed by atoms with Crippen LogP contribution in [-0.2, 0) is 0 Å². The molecule has 0 atom stereocenters. The molecule has 0 aliphatic heterocycles. The van der Waals surface area contributed by atoms with Gasteiger partial charge in [-0.05, 0) is 39.4 Å². The number of hydrogen-bond donors (Lipinski definition) is 0. The van der Waals surface area contributed by atoms with Gasteiger partial charge in [0.05, 0.1) is 8.80 Å². The second-order valence-electron chi connectivity index (χ2n) is 5.11. The van der Waals surface area contributed by atoms with E-state index in [9.17, 15) is 0 Å². The molecule has 0 bridgehead atoms. The van der Waals surface area contributed by atoms with Gasteiger partial charge in [-0.1, -0.05) is 26.1 Å². The van der Waals surface area contributed by atoms with Crippen molar-refractivity contribution in [2.24, 2.45) is 0 Å². The quantitative estimate of drug-likeness (QED) is 0.647. The molecule has 0 aliphatic carbocycles. The van der Waals surface area contributed by atoms with Crippen LogP contribution in [0, 0.1) is 0 Å². The summed E-state index contributed by atoms with van der Waals surface area (Å²) in [4.78, 5) is 2.56.